The fourth-order valence-electron chi connectivity index (χ4n) is 2.13. The van der Waals surface area contributed by atoms with Gasteiger partial charge >= 0.3 is 0 Å². The molecule has 0 radical (unpaired) electrons. The molecule has 2 rings (SSSR count). The molecule has 0 amide bonds. The average Bonchev–Trinajstić information content (AvgIpc) is 2.43. The van der Waals surface area contributed by atoms with Crippen LogP contribution in [0.5, 0.6) is 0 Å². The van der Waals surface area contributed by atoms with Crippen LogP contribution in [-0.4, -0.2) is 0 Å². The van der Waals surface area contributed by atoms with Crippen molar-refractivity contribution in [2.75, 3.05) is 0 Å². The first-order valence-corrected chi connectivity index (χ1v) is 6.63. The molecule has 1 atom stereocenters. The number of hydrogen-bond donors (Lipinski definition) is 1. The van der Waals surface area contributed by atoms with Crippen LogP contribution in [0, 0.1) is 6.92 Å². The third kappa shape index (κ3) is 3.44. The van der Waals surface area contributed by atoms with Gasteiger partial charge in [0.05, 0.1) is 0 Å². The maximum atomic E-state index is 3.62. The molecule has 0 fully saturated rings. The molecule has 0 heterocycles. The quantitative estimate of drug-likeness (QED) is 0.823. The third-order valence-electron chi connectivity index (χ3n) is 3.28. The Labute approximate surface area is 110 Å². The SMILES string of the molecule is CCC(NCc1ccc(C)cc1)c1ccccc1. The lowest BCUT2D eigenvalue weighted by molar-refractivity contribution is 0.519. The first-order chi connectivity index (χ1) is 8.79. The van der Waals surface area contributed by atoms with Crippen molar-refractivity contribution in [1.82, 2.24) is 5.32 Å². The maximum Gasteiger partial charge on any atom is 0.0320 e. The van der Waals surface area contributed by atoms with Gasteiger partial charge in [0.25, 0.3) is 0 Å². The second kappa shape index (κ2) is 6.36. The van der Waals surface area contributed by atoms with Gasteiger partial charge in [-0.15, -0.1) is 0 Å². The van der Waals surface area contributed by atoms with Gasteiger partial charge in [0.1, 0.15) is 0 Å². The van der Waals surface area contributed by atoms with Crippen molar-refractivity contribution < 1.29 is 0 Å². The summed E-state index contributed by atoms with van der Waals surface area (Å²) in [5.74, 6) is 0. The molecule has 0 saturated carbocycles. The highest BCUT2D eigenvalue weighted by Gasteiger charge is 2.07. The minimum atomic E-state index is 0.438. The highest BCUT2D eigenvalue weighted by atomic mass is 14.9. The zero-order valence-electron chi connectivity index (χ0n) is 11.2. The molecule has 0 aromatic heterocycles. The molecule has 0 saturated heterocycles. The number of nitrogens with one attached hydrogen (secondary N) is 1. The van der Waals surface area contributed by atoms with Gasteiger partial charge in [0.15, 0.2) is 0 Å². The van der Waals surface area contributed by atoms with Crippen LogP contribution in [0.2, 0.25) is 0 Å². The van der Waals surface area contributed by atoms with Gasteiger partial charge in [-0.25, -0.2) is 0 Å². The lowest BCUT2D eigenvalue weighted by atomic mass is 10.0. The van der Waals surface area contributed by atoms with Crippen LogP contribution in [0.25, 0.3) is 0 Å². The van der Waals surface area contributed by atoms with E-state index < -0.39 is 0 Å². The zero-order chi connectivity index (χ0) is 12.8. The number of hydrogen-bond acceptors (Lipinski definition) is 1. The normalized spacial score (nSPS) is 12.3. The van der Waals surface area contributed by atoms with Crippen molar-refractivity contribution >= 4 is 0 Å². The lowest BCUT2D eigenvalue weighted by Gasteiger charge is -2.17. The van der Waals surface area contributed by atoms with E-state index in [0.29, 0.717) is 6.04 Å². The van der Waals surface area contributed by atoms with Crippen LogP contribution in [0.1, 0.15) is 36.1 Å². The summed E-state index contributed by atoms with van der Waals surface area (Å²) in [5, 5.41) is 3.62. The molecular formula is C17H21N. The molecule has 2 aromatic rings. The standard InChI is InChI=1S/C17H21N/c1-3-17(16-7-5-4-6-8-16)18-13-15-11-9-14(2)10-12-15/h4-12,17-18H,3,13H2,1-2H3. The van der Waals surface area contributed by atoms with Crippen LogP contribution in [0.4, 0.5) is 0 Å². The molecule has 0 aliphatic carbocycles. The maximum absolute atomic E-state index is 3.62. The lowest BCUT2D eigenvalue weighted by Crippen LogP contribution is -2.20. The Hall–Kier alpha value is -1.60. The van der Waals surface area contributed by atoms with E-state index in [2.05, 4.69) is 73.8 Å². The van der Waals surface area contributed by atoms with Crippen molar-refractivity contribution in [3.8, 4) is 0 Å². The van der Waals surface area contributed by atoms with E-state index in [-0.39, 0.29) is 0 Å². The summed E-state index contributed by atoms with van der Waals surface area (Å²) in [4.78, 5) is 0. The number of benzene rings is 2. The van der Waals surface area contributed by atoms with Gasteiger partial charge in [0, 0.05) is 12.6 Å². The van der Waals surface area contributed by atoms with Crippen LogP contribution in [-0.2, 0) is 6.54 Å². The number of rotatable bonds is 5. The van der Waals surface area contributed by atoms with Crippen molar-refractivity contribution in [1.29, 1.82) is 0 Å². The van der Waals surface area contributed by atoms with E-state index in [9.17, 15) is 0 Å². The summed E-state index contributed by atoms with van der Waals surface area (Å²) in [6.07, 6.45) is 1.11. The molecule has 0 aliphatic heterocycles. The topological polar surface area (TPSA) is 12.0 Å². The van der Waals surface area contributed by atoms with Crippen LogP contribution < -0.4 is 5.32 Å². The largest absolute Gasteiger partial charge is 0.306 e. The van der Waals surface area contributed by atoms with Gasteiger partial charge in [-0.05, 0) is 24.5 Å². The molecule has 0 spiro atoms. The molecule has 0 aliphatic rings. The second-order valence-corrected chi connectivity index (χ2v) is 4.74. The van der Waals surface area contributed by atoms with E-state index in [1.165, 1.54) is 16.7 Å². The highest BCUT2D eigenvalue weighted by Crippen LogP contribution is 2.16. The van der Waals surface area contributed by atoms with Crippen LogP contribution in [0.15, 0.2) is 54.6 Å². The van der Waals surface area contributed by atoms with Gasteiger partial charge in [-0.1, -0.05) is 67.1 Å². The first kappa shape index (κ1) is 12.8. The van der Waals surface area contributed by atoms with Crippen molar-refractivity contribution in [2.24, 2.45) is 0 Å². The summed E-state index contributed by atoms with van der Waals surface area (Å²) in [5.41, 5.74) is 4.02. The van der Waals surface area contributed by atoms with E-state index in [0.717, 1.165) is 13.0 Å². The molecule has 1 unspecified atom stereocenters. The summed E-state index contributed by atoms with van der Waals surface area (Å²) in [6.45, 7) is 5.27. The van der Waals surface area contributed by atoms with Crippen LogP contribution in [0.3, 0.4) is 0 Å². The molecule has 2 aromatic carbocycles. The minimum Gasteiger partial charge on any atom is -0.306 e. The Morgan fingerprint density at radius 3 is 2.22 bits per heavy atom. The molecule has 18 heavy (non-hydrogen) atoms. The predicted octanol–water partition coefficient (Wildman–Crippen LogP) is 4.24. The molecule has 1 heteroatoms. The van der Waals surface area contributed by atoms with E-state index in [1.807, 2.05) is 0 Å². The molecular weight excluding hydrogens is 218 g/mol. The fraction of sp³-hybridized carbons (Fsp3) is 0.294. The fourth-order valence-corrected chi connectivity index (χ4v) is 2.13. The summed E-state index contributed by atoms with van der Waals surface area (Å²) in [7, 11) is 0. The molecule has 0 bridgehead atoms. The van der Waals surface area contributed by atoms with Crippen molar-refractivity contribution in [3.63, 3.8) is 0 Å². The first-order valence-electron chi connectivity index (χ1n) is 6.63. The summed E-state index contributed by atoms with van der Waals surface area (Å²) in [6, 6.07) is 19.8. The van der Waals surface area contributed by atoms with Crippen LogP contribution >= 0.6 is 0 Å². The zero-order valence-corrected chi connectivity index (χ0v) is 11.2. The van der Waals surface area contributed by atoms with Gasteiger partial charge in [-0.3, -0.25) is 0 Å². The minimum absolute atomic E-state index is 0.438. The van der Waals surface area contributed by atoms with Gasteiger partial charge < -0.3 is 5.32 Å². The Kier molecular flexibility index (Phi) is 4.54. The summed E-state index contributed by atoms with van der Waals surface area (Å²) >= 11 is 0. The highest BCUT2D eigenvalue weighted by molar-refractivity contribution is 5.22. The third-order valence-corrected chi connectivity index (χ3v) is 3.28. The smallest absolute Gasteiger partial charge is 0.0320 e. The van der Waals surface area contributed by atoms with Gasteiger partial charge in [-0.2, -0.15) is 0 Å². The summed E-state index contributed by atoms with van der Waals surface area (Å²) < 4.78 is 0. The van der Waals surface area contributed by atoms with E-state index in [1.54, 1.807) is 0 Å². The Morgan fingerprint density at radius 2 is 1.61 bits per heavy atom. The van der Waals surface area contributed by atoms with Gasteiger partial charge in [0.2, 0.25) is 0 Å². The Morgan fingerprint density at radius 1 is 0.944 bits per heavy atom. The van der Waals surface area contributed by atoms with Crippen molar-refractivity contribution in [3.05, 3.63) is 71.3 Å². The molecule has 1 N–H and O–H groups in total. The van der Waals surface area contributed by atoms with Crippen molar-refractivity contribution in [2.45, 2.75) is 32.9 Å². The molecule has 94 valence electrons. The molecule has 1 nitrogen and oxygen atoms in total. The Bertz CT molecular complexity index is 459. The van der Waals surface area contributed by atoms with E-state index >= 15 is 0 Å². The van der Waals surface area contributed by atoms with E-state index in [4.69, 9.17) is 0 Å². The monoisotopic (exact) mass is 239 g/mol. The second-order valence-electron chi connectivity index (χ2n) is 4.74. The number of aryl methyl sites for hydroxylation is 1. The average molecular weight is 239 g/mol. The Balaban J connectivity index is 1.97. The predicted molar refractivity (Wildman–Crippen MR) is 77.5 cm³/mol.